The predicted octanol–water partition coefficient (Wildman–Crippen LogP) is 2.34. The number of para-hydroxylation sites is 1. The zero-order valence-electron chi connectivity index (χ0n) is 7.93. The standard InChI is InChI=1S/C12H14O2/c1-2-5-11(13)9-8-10-6-3-4-7-12(10)14/h2-4,6-9,11,13-14H,1,5H2/b9-8-. The van der Waals surface area contributed by atoms with Crippen molar-refractivity contribution < 1.29 is 10.2 Å². The van der Waals surface area contributed by atoms with E-state index in [2.05, 4.69) is 6.58 Å². The first kappa shape index (κ1) is 10.5. The van der Waals surface area contributed by atoms with Gasteiger partial charge in [0.15, 0.2) is 0 Å². The van der Waals surface area contributed by atoms with Crippen LogP contribution in [0.4, 0.5) is 0 Å². The van der Waals surface area contributed by atoms with Crippen molar-refractivity contribution in [1.82, 2.24) is 0 Å². The first-order valence-electron chi connectivity index (χ1n) is 4.49. The number of phenolic OH excluding ortho intramolecular Hbond substituents is 1. The summed E-state index contributed by atoms with van der Waals surface area (Å²) in [6.45, 7) is 3.53. The van der Waals surface area contributed by atoms with Gasteiger partial charge in [-0.25, -0.2) is 0 Å². The quantitative estimate of drug-likeness (QED) is 0.715. The van der Waals surface area contributed by atoms with Gasteiger partial charge in [-0.2, -0.15) is 0 Å². The van der Waals surface area contributed by atoms with Crippen molar-refractivity contribution in [2.24, 2.45) is 0 Å². The van der Waals surface area contributed by atoms with E-state index in [-0.39, 0.29) is 5.75 Å². The van der Waals surface area contributed by atoms with Gasteiger partial charge in [-0.15, -0.1) is 6.58 Å². The first-order chi connectivity index (χ1) is 6.74. The summed E-state index contributed by atoms with van der Waals surface area (Å²) in [5, 5.41) is 18.8. The fourth-order valence-corrected chi connectivity index (χ4v) is 1.09. The van der Waals surface area contributed by atoms with Crippen LogP contribution >= 0.6 is 0 Å². The molecule has 0 aliphatic rings. The Balaban J connectivity index is 2.68. The molecule has 0 amide bonds. The molecular weight excluding hydrogens is 176 g/mol. The lowest BCUT2D eigenvalue weighted by Gasteiger charge is -2.01. The Hall–Kier alpha value is -1.54. The number of aliphatic hydroxyl groups is 1. The molecule has 1 rings (SSSR count). The molecule has 2 N–H and O–H groups in total. The van der Waals surface area contributed by atoms with Gasteiger partial charge in [0.1, 0.15) is 5.75 Å². The Kier molecular flexibility index (Phi) is 3.95. The molecular formula is C12H14O2. The first-order valence-corrected chi connectivity index (χ1v) is 4.49. The molecule has 2 heteroatoms. The number of phenols is 1. The highest BCUT2D eigenvalue weighted by Gasteiger charge is 1.97. The highest BCUT2D eigenvalue weighted by Crippen LogP contribution is 2.17. The van der Waals surface area contributed by atoms with E-state index in [9.17, 15) is 10.2 Å². The van der Waals surface area contributed by atoms with Gasteiger partial charge in [0.25, 0.3) is 0 Å². The lowest BCUT2D eigenvalue weighted by Crippen LogP contribution is -1.98. The molecule has 0 aliphatic carbocycles. The Labute approximate surface area is 83.8 Å². The van der Waals surface area contributed by atoms with Crippen molar-refractivity contribution in [2.45, 2.75) is 12.5 Å². The van der Waals surface area contributed by atoms with Crippen molar-refractivity contribution in [3.05, 3.63) is 48.6 Å². The molecule has 0 heterocycles. The maximum atomic E-state index is 9.40. The van der Waals surface area contributed by atoms with Crippen molar-refractivity contribution in [3.63, 3.8) is 0 Å². The average molecular weight is 190 g/mol. The third-order valence-electron chi connectivity index (χ3n) is 1.84. The van der Waals surface area contributed by atoms with E-state index in [1.165, 1.54) is 0 Å². The number of benzene rings is 1. The van der Waals surface area contributed by atoms with Crippen LogP contribution in [0, 0.1) is 0 Å². The molecule has 1 aromatic rings. The van der Waals surface area contributed by atoms with E-state index in [1.807, 2.05) is 6.07 Å². The predicted molar refractivity (Wildman–Crippen MR) is 58.0 cm³/mol. The van der Waals surface area contributed by atoms with Gasteiger partial charge >= 0.3 is 0 Å². The summed E-state index contributed by atoms with van der Waals surface area (Å²) >= 11 is 0. The molecule has 1 atom stereocenters. The van der Waals surface area contributed by atoms with Crippen LogP contribution in [0.25, 0.3) is 6.08 Å². The second kappa shape index (κ2) is 5.25. The largest absolute Gasteiger partial charge is 0.507 e. The number of aromatic hydroxyl groups is 1. The van der Waals surface area contributed by atoms with E-state index < -0.39 is 6.10 Å². The SMILES string of the molecule is C=CCC(O)/C=C\c1ccccc1O. The van der Waals surface area contributed by atoms with Crippen LogP contribution in [0.15, 0.2) is 43.0 Å². The molecule has 1 unspecified atom stereocenters. The minimum absolute atomic E-state index is 0.217. The molecule has 0 aromatic heterocycles. The third-order valence-corrected chi connectivity index (χ3v) is 1.84. The van der Waals surface area contributed by atoms with Crippen LogP contribution in [0.5, 0.6) is 5.75 Å². The summed E-state index contributed by atoms with van der Waals surface area (Å²) in [5.74, 6) is 0.217. The number of aliphatic hydroxyl groups excluding tert-OH is 1. The van der Waals surface area contributed by atoms with Crippen molar-refractivity contribution in [3.8, 4) is 5.75 Å². The summed E-state index contributed by atoms with van der Waals surface area (Å²) in [4.78, 5) is 0. The topological polar surface area (TPSA) is 40.5 Å². The molecule has 2 nitrogen and oxygen atoms in total. The zero-order chi connectivity index (χ0) is 10.4. The molecule has 0 radical (unpaired) electrons. The minimum atomic E-state index is -0.535. The zero-order valence-corrected chi connectivity index (χ0v) is 7.93. The molecule has 0 fully saturated rings. The lowest BCUT2D eigenvalue weighted by atomic mass is 10.1. The average Bonchev–Trinajstić information content (AvgIpc) is 2.17. The van der Waals surface area contributed by atoms with Crippen LogP contribution in [-0.4, -0.2) is 16.3 Å². The molecule has 1 aromatic carbocycles. The molecule has 0 aliphatic heterocycles. The molecule has 0 saturated heterocycles. The molecule has 74 valence electrons. The van der Waals surface area contributed by atoms with Crippen LogP contribution in [-0.2, 0) is 0 Å². The van der Waals surface area contributed by atoms with Gasteiger partial charge in [0, 0.05) is 5.56 Å². The van der Waals surface area contributed by atoms with Gasteiger partial charge in [0.2, 0.25) is 0 Å². The van der Waals surface area contributed by atoms with Crippen LogP contribution in [0.2, 0.25) is 0 Å². The van der Waals surface area contributed by atoms with Crippen LogP contribution in [0.1, 0.15) is 12.0 Å². The highest BCUT2D eigenvalue weighted by atomic mass is 16.3. The Morgan fingerprint density at radius 2 is 2.07 bits per heavy atom. The third kappa shape index (κ3) is 3.07. The van der Waals surface area contributed by atoms with Gasteiger partial charge < -0.3 is 10.2 Å². The summed E-state index contributed by atoms with van der Waals surface area (Å²) in [6, 6.07) is 6.98. The summed E-state index contributed by atoms with van der Waals surface area (Å²) in [5.41, 5.74) is 0.704. The maximum absolute atomic E-state index is 9.40. The van der Waals surface area contributed by atoms with Gasteiger partial charge in [-0.05, 0) is 12.5 Å². The second-order valence-electron chi connectivity index (χ2n) is 3.01. The molecule has 0 bridgehead atoms. The van der Waals surface area contributed by atoms with E-state index in [1.54, 1.807) is 36.4 Å². The van der Waals surface area contributed by atoms with E-state index in [0.29, 0.717) is 12.0 Å². The van der Waals surface area contributed by atoms with E-state index >= 15 is 0 Å². The molecule has 14 heavy (non-hydrogen) atoms. The molecule has 0 spiro atoms. The second-order valence-corrected chi connectivity index (χ2v) is 3.01. The van der Waals surface area contributed by atoms with Crippen molar-refractivity contribution in [1.29, 1.82) is 0 Å². The number of hydrogen-bond donors (Lipinski definition) is 2. The maximum Gasteiger partial charge on any atom is 0.122 e. The Morgan fingerprint density at radius 3 is 2.71 bits per heavy atom. The Bertz CT molecular complexity index is 329. The lowest BCUT2D eigenvalue weighted by molar-refractivity contribution is 0.228. The fraction of sp³-hybridized carbons (Fsp3) is 0.167. The van der Waals surface area contributed by atoms with Gasteiger partial charge in [-0.1, -0.05) is 36.4 Å². The normalized spacial score (nSPS) is 12.9. The highest BCUT2D eigenvalue weighted by molar-refractivity contribution is 5.56. The van der Waals surface area contributed by atoms with Crippen molar-refractivity contribution >= 4 is 6.08 Å². The summed E-state index contributed by atoms with van der Waals surface area (Å²) in [6.07, 6.45) is 4.97. The smallest absolute Gasteiger partial charge is 0.122 e. The minimum Gasteiger partial charge on any atom is -0.507 e. The van der Waals surface area contributed by atoms with Gasteiger partial charge in [-0.3, -0.25) is 0 Å². The van der Waals surface area contributed by atoms with E-state index in [0.717, 1.165) is 0 Å². The van der Waals surface area contributed by atoms with Crippen LogP contribution in [0.3, 0.4) is 0 Å². The van der Waals surface area contributed by atoms with Gasteiger partial charge in [0.05, 0.1) is 6.10 Å². The number of rotatable bonds is 4. The van der Waals surface area contributed by atoms with Crippen molar-refractivity contribution in [2.75, 3.05) is 0 Å². The monoisotopic (exact) mass is 190 g/mol. The summed E-state index contributed by atoms with van der Waals surface area (Å²) in [7, 11) is 0. The Morgan fingerprint density at radius 1 is 1.36 bits per heavy atom. The van der Waals surface area contributed by atoms with Crippen LogP contribution < -0.4 is 0 Å². The summed E-state index contributed by atoms with van der Waals surface area (Å²) < 4.78 is 0. The van der Waals surface area contributed by atoms with E-state index in [4.69, 9.17) is 0 Å². The molecule has 0 saturated carbocycles. The fourth-order valence-electron chi connectivity index (χ4n) is 1.09. The number of hydrogen-bond acceptors (Lipinski definition) is 2.